The Morgan fingerprint density at radius 3 is 2.41 bits per heavy atom. The molecule has 3 nitrogen and oxygen atoms in total. The Bertz CT molecular complexity index is 852. The van der Waals surface area contributed by atoms with Crippen molar-refractivity contribution in [3.63, 3.8) is 0 Å². The van der Waals surface area contributed by atoms with Gasteiger partial charge in [0.2, 0.25) is 5.89 Å². The van der Waals surface area contributed by atoms with Gasteiger partial charge in [0.1, 0.15) is 11.6 Å². The van der Waals surface area contributed by atoms with Crippen molar-refractivity contribution in [3.05, 3.63) is 88.2 Å². The minimum Gasteiger partial charge on any atom is -0.438 e. The van der Waals surface area contributed by atoms with Gasteiger partial charge in [-0.2, -0.15) is 4.98 Å². The highest BCUT2D eigenvalue weighted by atomic mass is 19.1. The van der Waals surface area contributed by atoms with Gasteiger partial charge < -0.3 is 4.42 Å². The van der Waals surface area contributed by atoms with Gasteiger partial charge in [-0.05, 0) is 35.9 Å². The largest absolute Gasteiger partial charge is 0.438 e. The Balaban J connectivity index is 1.93. The molecule has 0 N–H and O–H groups in total. The van der Waals surface area contributed by atoms with Crippen LogP contribution in [0.5, 0.6) is 0 Å². The number of benzene rings is 2. The second kappa shape index (κ2) is 6.18. The Hall–Kier alpha value is -3.01. The van der Waals surface area contributed by atoms with Crippen molar-refractivity contribution in [2.24, 2.45) is 0 Å². The monoisotopic (exact) mass is 293 g/mol. The summed E-state index contributed by atoms with van der Waals surface area (Å²) < 4.78 is 18.5. The molecule has 0 fully saturated rings. The third-order valence-corrected chi connectivity index (χ3v) is 3.02. The van der Waals surface area contributed by atoms with Crippen molar-refractivity contribution < 1.29 is 8.81 Å². The second-order valence-electron chi connectivity index (χ2n) is 4.65. The lowest BCUT2D eigenvalue weighted by Crippen LogP contribution is -2.05. The van der Waals surface area contributed by atoms with Crippen LogP contribution >= 0.6 is 0 Å². The number of halogens is 1. The van der Waals surface area contributed by atoms with Crippen molar-refractivity contribution in [1.82, 2.24) is 4.98 Å². The number of hydrogen-bond donors (Lipinski definition) is 0. The van der Waals surface area contributed by atoms with Crippen LogP contribution in [-0.2, 0) is 0 Å². The first-order valence-corrected chi connectivity index (χ1v) is 6.72. The maximum absolute atomic E-state index is 12.9. The van der Waals surface area contributed by atoms with E-state index in [1.807, 2.05) is 30.3 Å². The molecular weight excluding hydrogens is 281 g/mol. The molecule has 0 radical (unpaired) electrons. The minimum atomic E-state index is -0.371. The van der Waals surface area contributed by atoms with Gasteiger partial charge in [-0.3, -0.25) is 4.79 Å². The highest BCUT2D eigenvalue weighted by Crippen LogP contribution is 2.17. The topological polar surface area (TPSA) is 43.1 Å². The summed E-state index contributed by atoms with van der Waals surface area (Å²) >= 11 is 0. The van der Waals surface area contributed by atoms with Gasteiger partial charge in [-0.25, -0.2) is 4.39 Å². The summed E-state index contributed by atoms with van der Waals surface area (Å²) in [6, 6.07) is 16.5. The molecule has 0 aliphatic heterocycles. The maximum atomic E-state index is 12.9. The lowest BCUT2D eigenvalue weighted by molar-refractivity contribution is 0.532. The molecule has 3 aromatic rings. The van der Waals surface area contributed by atoms with Crippen LogP contribution in [0.3, 0.4) is 0 Å². The summed E-state index contributed by atoms with van der Waals surface area (Å²) in [7, 11) is 0. The first-order chi connectivity index (χ1) is 10.7. The van der Waals surface area contributed by atoms with E-state index in [1.54, 1.807) is 24.3 Å². The summed E-state index contributed by atoms with van der Waals surface area (Å²) in [5.74, 6) is 0.369. The molecule has 3 rings (SSSR count). The lowest BCUT2D eigenvalue weighted by Gasteiger charge is -2.00. The molecular formula is C18H12FNO2. The van der Waals surface area contributed by atoms with Crippen molar-refractivity contribution in [2.75, 3.05) is 0 Å². The fraction of sp³-hybridized carbons (Fsp3) is 0. The molecule has 108 valence electrons. The molecule has 2 aromatic carbocycles. The number of nitrogens with zero attached hydrogens (tertiary/aromatic N) is 1. The molecule has 0 atom stereocenters. The Labute approximate surface area is 126 Å². The van der Waals surface area contributed by atoms with E-state index in [-0.39, 0.29) is 17.3 Å². The van der Waals surface area contributed by atoms with Crippen LogP contribution in [0.15, 0.2) is 69.9 Å². The summed E-state index contributed by atoms with van der Waals surface area (Å²) in [6.45, 7) is 0. The summed E-state index contributed by atoms with van der Waals surface area (Å²) in [5.41, 5.74) is 1.17. The van der Waals surface area contributed by atoms with E-state index in [0.717, 1.165) is 11.1 Å². The third-order valence-electron chi connectivity index (χ3n) is 3.02. The predicted octanol–water partition coefficient (Wildman–Crippen LogP) is 4.01. The highest BCUT2D eigenvalue weighted by Gasteiger charge is 2.04. The van der Waals surface area contributed by atoms with Crippen molar-refractivity contribution in [2.45, 2.75) is 0 Å². The van der Waals surface area contributed by atoms with E-state index in [2.05, 4.69) is 4.98 Å². The average molecular weight is 293 g/mol. The molecule has 0 bridgehead atoms. The highest BCUT2D eigenvalue weighted by molar-refractivity contribution is 5.67. The molecule has 22 heavy (non-hydrogen) atoms. The molecule has 1 heterocycles. The van der Waals surface area contributed by atoms with E-state index in [0.29, 0.717) is 5.76 Å². The zero-order chi connectivity index (χ0) is 15.4. The molecule has 0 aliphatic carbocycles. The molecule has 0 aliphatic rings. The molecule has 0 amide bonds. The van der Waals surface area contributed by atoms with E-state index in [9.17, 15) is 9.18 Å². The number of aromatic nitrogens is 1. The van der Waals surface area contributed by atoms with Crippen LogP contribution in [0.25, 0.3) is 23.6 Å². The first-order valence-electron chi connectivity index (χ1n) is 6.72. The first kappa shape index (κ1) is 13.9. The number of rotatable bonds is 3. The van der Waals surface area contributed by atoms with E-state index in [1.165, 1.54) is 18.2 Å². The van der Waals surface area contributed by atoms with Gasteiger partial charge in [-0.1, -0.05) is 36.4 Å². The Morgan fingerprint density at radius 1 is 0.955 bits per heavy atom. The molecule has 1 aromatic heterocycles. The maximum Gasteiger partial charge on any atom is 0.276 e. The van der Waals surface area contributed by atoms with Gasteiger partial charge >= 0.3 is 0 Å². The molecule has 0 saturated carbocycles. The van der Waals surface area contributed by atoms with E-state index >= 15 is 0 Å². The fourth-order valence-corrected chi connectivity index (χ4v) is 1.96. The minimum absolute atomic E-state index is 0.270. The molecule has 4 heteroatoms. The van der Waals surface area contributed by atoms with Crippen molar-refractivity contribution in [3.8, 4) is 11.5 Å². The van der Waals surface area contributed by atoms with Crippen LogP contribution in [0.1, 0.15) is 11.3 Å². The van der Waals surface area contributed by atoms with Gasteiger partial charge in [0.15, 0.2) is 0 Å². The smallest absolute Gasteiger partial charge is 0.276 e. The summed E-state index contributed by atoms with van der Waals surface area (Å²) in [4.78, 5) is 15.6. The third kappa shape index (κ3) is 3.35. The molecule has 0 saturated heterocycles. The lowest BCUT2D eigenvalue weighted by atomic mass is 10.2. The van der Waals surface area contributed by atoms with Crippen LogP contribution in [0.2, 0.25) is 0 Å². The van der Waals surface area contributed by atoms with Gasteiger partial charge in [-0.15, -0.1) is 0 Å². The van der Waals surface area contributed by atoms with Crippen molar-refractivity contribution >= 4 is 12.2 Å². The molecule has 0 unspecified atom stereocenters. The normalized spacial score (nSPS) is 11.0. The van der Waals surface area contributed by atoms with Crippen LogP contribution < -0.4 is 5.56 Å². The fourth-order valence-electron chi connectivity index (χ4n) is 1.96. The SMILES string of the molecule is O=c1cc(/C=C/c2ccc(F)cc2)oc(-c2ccccc2)n1. The predicted molar refractivity (Wildman–Crippen MR) is 83.5 cm³/mol. The number of hydrogen-bond acceptors (Lipinski definition) is 3. The average Bonchev–Trinajstić information content (AvgIpc) is 2.55. The quantitative estimate of drug-likeness (QED) is 0.732. The standard InChI is InChI=1S/C18H12FNO2/c19-15-9-6-13(7-10-15)8-11-16-12-17(21)20-18(22-16)14-4-2-1-3-5-14/h1-12H/b11-8+. The zero-order valence-corrected chi connectivity index (χ0v) is 11.6. The zero-order valence-electron chi connectivity index (χ0n) is 11.6. The van der Waals surface area contributed by atoms with Gasteiger partial charge in [0.25, 0.3) is 5.56 Å². The van der Waals surface area contributed by atoms with Crippen LogP contribution in [0.4, 0.5) is 4.39 Å². The van der Waals surface area contributed by atoms with E-state index < -0.39 is 0 Å². The Kier molecular flexibility index (Phi) is 3.92. The van der Waals surface area contributed by atoms with E-state index in [4.69, 9.17) is 4.42 Å². The van der Waals surface area contributed by atoms with Crippen molar-refractivity contribution in [1.29, 1.82) is 0 Å². The Morgan fingerprint density at radius 2 is 1.68 bits per heavy atom. The van der Waals surface area contributed by atoms with Gasteiger partial charge in [0, 0.05) is 11.6 Å². The second-order valence-corrected chi connectivity index (χ2v) is 4.65. The van der Waals surface area contributed by atoms with Gasteiger partial charge in [0.05, 0.1) is 0 Å². The summed E-state index contributed by atoms with van der Waals surface area (Å²) in [6.07, 6.45) is 3.40. The summed E-state index contributed by atoms with van der Waals surface area (Å²) in [5, 5.41) is 0. The van der Waals surface area contributed by atoms with Crippen LogP contribution in [0, 0.1) is 5.82 Å². The molecule has 0 spiro atoms. The van der Waals surface area contributed by atoms with Crippen LogP contribution in [-0.4, -0.2) is 4.98 Å².